The van der Waals surface area contributed by atoms with E-state index in [1.54, 1.807) is 4.90 Å². The van der Waals surface area contributed by atoms with E-state index in [0.717, 1.165) is 19.3 Å². The van der Waals surface area contributed by atoms with Crippen LogP contribution in [-0.4, -0.2) is 54.8 Å². The number of rotatable bonds is 1. The topological polar surface area (TPSA) is 83.6 Å². The minimum atomic E-state index is -3.06. The SMILES string of the molecule is O=C1CCN(C2CCCS(=O)(=O)C2)C(=O)C2(CCCC2)N1. The van der Waals surface area contributed by atoms with Crippen LogP contribution in [0.1, 0.15) is 44.9 Å². The monoisotopic (exact) mass is 314 g/mol. The van der Waals surface area contributed by atoms with Crippen LogP contribution in [0, 0.1) is 0 Å². The van der Waals surface area contributed by atoms with Gasteiger partial charge < -0.3 is 10.2 Å². The molecule has 21 heavy (non-hydrogen) atoms. The molecule has 7 heteroatoms. The van der Waals surface area contributed by atoms with Gasteiger partial charge >= 0.3 is 0 Å². The van der Waals surface area contributed by atoms with Gasteiger partial charge in [0.05, 0.1) is 11.5 Å². The van der Waals surface area contributed by atoms with Crippen LogP contribution in [0.25, 0.3) is 0 Å². The molecule has 118 valence electrons. The van der Waals surface area contributed by atoms with Gasteiger partial charge in [-0.3, -0.25) is 9.59 Å². The summed E-state index contributed by atoms with van der Waals surface area (Å²) in [5, 5.41) is 2.91. The van der Waals surface area contributed by atoms with Crippen molar-refractivity contribution in [3.05, 3.63) is 0 Å². The fraction of sp³-hybridized carbons (Fsp3) is 0.857. The minimum Gasteiger partial charge on any atom is -0.342 e. The maximum Gasteiger partial charge on any atom is 0.248 e. The molecule has 1 spiro atoms. The first-order chi connectivity index (χ1) is 9.92. The van der Waals surface area contributed by atoms with E-state index in [1.165, 1.54) is 0 Å². The lowest BCUT2D eigenvalue weighted by Gasteiger charge is -2.38. The number of amides is 2. The van der Waals surface area contributed by atoms with Crippen molar-refractivity contribution in [1.82, 2.24) is 10.2 Å². The highest BCUT2D eigenvalue weighted by Gasteiger charge is 2.48. The van der Waals surface area contributed by atoms with Crippen molar-refractivity contribution >= 4 is 21.7 Å². The van der Waals surface area contributed by atoms with Crippen molar-refractivity contribution in [3.63, 3.8) is 0 Å². The molecule has 1 unspecified atom stereocenters. The van der Waals surface area contributed by atoms with Crippen molar-refractivity contribution in [2.75, 3.05) is 18.1 Å². The van der Waals surface area contributed by atoms with Crippen LogP contribution in [0.3, 0.4) is 0 Å². The highest BCUT2D eigenvalue weighted by molar-refractivity contribution is 7.91. The van der Waals surface area contributed by atoms with Gasteiger partial charge in [-0.2, -0.15) is 0 Å². The highest BCUT2D eigenvalue weighted by atomic mass is 32.2. The molecule has 2 aliphatic heterocycles. The standard InChI is InChI=1S/C14H22N2O4S/c17-12-5-8-16(11-4-3-9-21(19,20)10-11)13(18)14(15-12)6-1-2-7-14/h11H,1-10H2,(H,15,17). The third-order valence-corrected chi connectivity index (χ3v) is 6.77. The molecule has 0 aromatic carbocycles. The summed E-state index contributed by atoms with van der Waals surface area (Å²) in [5.74, 6) is 0.107. The molecular weight excluding hydrogens is 292 g/mol. The zero-order valence-electron chi connectivity index (χ0n) is 12.1. The Bertz CT molecular complexity index is 551. The minimum absolute atomic E-state index is 0.0447. The largest absolute Gasteiger partial charge is 0.342 e. The normalized spacial score (nSPS) is 32.0. The third kappa shape index (κ3) is 2.80. The van der Waals surface area contributed by atoms with E-state index in [1.807, 2.05) is 0 Å². The molecule has 0 radical (unpaired) electrons. The average Bonchev–Trinajstić information content (AvgIpc) is 2.82. The maximum atomic E-state index is 12.9. The number of hydrogen-bond donors (Lipinski definition) is 1. The van der Waals surface area contributed by atoms with Gasteiger partial charge in [-0.25, -0.2) is 8.42 Å². The predicted octanol–water partition coefficient (Wildman–Crippen LogP) is 0.225. The van der Waals surface area contributed by atoms with Crippen molar-refractivity contribution < 1.29 is 18.0 Å². The van der Waals surface area contributed by atoms with Crippen LogP contribution in [0.5, 0.6) is 0 Å². The highest BCUT2D eigenvalue weighted by Crippen LogP contribution is 2.34. The zero-order valence-corrected chi connectivity index (χ0v) is 13.0. The number of nitrogens with zero attached hydrogens (tertiary/aromatic N) is 1. The van der Waals surface area contributed by atoms with Crippen LogP contribution in [0.2, 0.25) is 0 Å². The molecule has 3 fully saturated rings. The third-order valence-electron chi connectivity index (χ3n) is 4.97. The summed E-state index contributed by atoms with van der Waals surface area (Å²) in [5.41, 5.74) is -0.769. The van der Waals surface area contributed by atoms with Crippen LogP contribution >= 0.6 is 0 Å². The Labute approximate surface area is 125 Å². The lowest BCUT2D eigenvalue weighted by atomic mass is 9.95. The molecule has 2 amide bonds. The zero-order chi connectivity index (χ0) is 15.1. The summed E-state index contributed by atoms with van der Waals surface area (Å²) in [7, 11) is -3.06. The van der Waals surface area contributed by atoms with E-state index in [2.05, 4.69) is 5.32 Å². The first kappa shape index (κ1) is 14.8. The van der Waals surface area contributed by atoms with E-state index >= 15 is 0 Å². The Morgan fingerprint density at radius 1 is 1.14 bits per heavy atom. The Kier molecular flexibility index (Phi) is 3.71. The second kappa shape index (κ2) is 5.26. The molecule has 0 aromatic rings. The maximum absolute atomic E-state index is 12.9. The molecule has 2 heterocycles. The van der Waals surface area contributed by atoms with Gasteiger partial charge in [0.15, 0.2) is 9.84 Å². The molecule has 1 N–H and O–H groups in total. The Morgan fingerprint density at radius 2 is 1.86 bits per heavy atom. The number of sulfone groups is 1. The quantitative estimate of drug-likeness (QED) is 0.751. The van der Waals surface area contributed by atoms with Crippen LogP contribution in [0.15, 0.2) is 0 Å². The van der Waals surface area contributed by atoms with Gasteiger partial charge in [-0.15, -0.1) is 0 Å². The molecule has 0 aromatic heterocycles. The molecule has 2 saturated heterocycles. The summed E-state index contributed by atoms with van der Waals surface area (Å²) in [6, 6.07) is -0.263. The van der Waals surface area contributed by atoms with E-state index in [4.69, 9.17) is 0 Å². The molecule has 1 atom stereocenters. The predicted molar refractivity (Wildman–Crippen MR) is 77.3 cm³/mol. The lowest BCUT2D eigenvalue weighted by Crippen LogP contribution is -2.58. The molecule has 1 saturated carbocycles. The molecule has 0 bridgehead atoms. The van der Waals surface area contributed by atoms with Gasteiger partial charge in [0.2, 0.25) is 11.8 Å². The number of carbonyl (C=O) groups is 2. The second-order valence-corrected chi connectivity index (χ2v) is 8.73. The summed E-state index contributed by atoms with van der Waals surface area (Å²) in [6.07, 6.45) is 4.80. The molecule has 1 aliphatic carbocycles. The Hall–Kier alpha value is -1.11. The van der Waals surface area contributed by atoms with Gasteiger partial charge in [0.25, 0.3) is 0 Å². The fourth-order valence-electron chi connectivity index (χ4n) is 3.89. The van der Waals surface area contributed by atoms with Crippen molar-refractivity contribution in [1.29, 1.82) is 0 Å². The fourth-order valence-corrected chi connectivity index (χ4v) is 5.60. The van der Waals surface area contributed by atoms with E-state index < -0.39 is 15.4 Å². The van der Waals surface area contributed by atoms with Crippen molar-refractivity contribution in [2.24, 2.45) is 0 Å². The first-order valence-electron chi connectivity index (χ1n) is 7.74. The average molecular weight is 314 g/mol. The van der Waals surface area contributed by atoms with Gasteiger partial charge in [-0.05, 0) is 25.7 Å². The van der Waals surface area contributed by atoms with E-state index in [-0.39, 0.29) is 35.8 Å². The lowest BCUT2D eigenvalue weighted by molar-refractivity contribution is -0.140. The number of nitrogens with one attached hydrogen (secondary N) is 1. The second-order valence-electron chi connectivity index (χ2n) is 6.50. The van der Waals surface area contributed by atoms with E-state index in [9.17, 15) is 18.0 Å². The molecule has 3 aliphatic rings. The number of carbonyl (C=O) groups excluding carboxylic acids is 2. The summed E-state index contributed by atoms with van der Waals surface area (Å²) in [4.78, 5) is 26.6. The Balaban J connectivity index is 1.87. The van der Waals surface area contributed by atoms with Crippen LogP contribution in [-0.2, 0) is 19.4 Å². The summed E-state index contributed by atoms with van der Waals surface area (Å²) < 4.78 is 23.7. The van der Waals surface area contributed by atoms with Crippen molar-refractivity contribution in [2.45, 2.75) is 56.5 Å². The van der Waals surface area contributed by atoms with Gasteiger partial charge in [0, 0.05) is 19.0 Å². The van der Waals surface area contributed by atoms with Crippen molar-refractivity contribution in [3.8, 4) is 0 Å². The number of hydrogen-bond acceptors (Lipinski definition) is 4. The summed E-state index contributed by atoms with van der Waals surface area (Å²) in [6.45, 7) is 0.340. The first-order valence-corrected chi connectivity index (χ1v) is 9.57. The summed E-state index contributed by atoms with van der Waals surface area (Å²) >= 11 is 0. The molecule has 3 rings (SSSR count). The molecular formula is C14H22N2O4S. The van der Waals surface area contributed by atoms with Gasteiger partial charge in [-0.1, -0.05) is 12.8 Å². The smallest absolute Gasteiger partial charge is 0.248 e. The van der Waals surface area contributed by atoms with Crippen LogP contribution in [0.4, 0.5) is 0 Å². The Morgan fingerprint density at radius 3 is 2.52 bits per heavy atom. The van der Waals surface area contributed by atoms with Crippen LogP contribution < -0.4 is 5.32 Å². The van der Waals surface area contributed by atoms with E-state index in [0.29, 0.717) is 25.8 Å². The van der Waals surface area contributed by atoms with Gasteiger partial charge in [0.1, 0.15) is 5.54 Å². The molecule has 6 nitrogen and oxygen atoms in total.